The van der Waals surface area contributed by atoms with Crippen molar-refractivity contribution >= 4 is 5.97 Å². The lowest BCUT2D eigenvalue weighted by atomic mass is 10.0. The number of hydrogen-bond donors (Lipinski definition) is 1. The molecule has 0 radical (unpaired) electrons. The van der Waals surface area contributed by atoms with E-state index in [1.807, 2.05) is 62.4 Å². The highest BCUT2D eigenvalue weighted by Gasteiger charge is 2.13. The Bertz CT molecular complexity index is 1240. The number of aromatic nitrogens is 1. The highest BCUT2D eigenvalue weighted by Crippen LogP contribution is 2.27. The van der Waals surface area contributed by atoms with Crippen LogP contribution in [0.15, 0.2) is 77.2 Å². The zero-order valence-electron chi connectivity index (χ0n) is 18.9. The first kappa shape index (κ1) is 22.3. The lowest BCUT2D eigenvalue weighted by molar-refractivity contribution is -0.136. The maximum absolute atomic E-state index is 10.8. The van der Waals surface area contributed by atoms with Crippen molar-refractivity contribution in [2.24, 2.45) is 0 Å². The number of aliphatic carboxylic acids is 1. The zero-order chi connectivity index (χ0) is 23.2. The Labute approximate surface area is 193 Å². The van der Waals surface area contributed by atoms with Gasteiger partial charge < -0.3 is 14.3 Å². The molecule has 1 aromatic heterocycles. The van der Waals surface area contributed by atoms with Crippen LogP contribution < -0.4 is 4.74 Å². The summed E-state index contributed by atoms with van der Waals surface area (Å²) < 4.78 is 11.9. The Morgan fingerprint density at radius 3 is 2.42 bits per heavy atom. The van der Waals surface area contributed by atoms with Gasteiger partial charge in [0.25, 0.3) is 0 Å². The highest BCUT2D eigenvalue weighted by atomic mass is 16.5. The molecule has 0 bridgehead atoms. The minimum absolute atomic E-state index is 0.128. The molecule has 5 nitrogen and oxygen atoms in total. The third-order valence-corrected chi connectivity index (χ3v) is 5.64. The number of ether oxygens (including phenoxy) is 1. The molecule has 3 aromatic carbocycles. The first-order valence-electron chi connectivity index (χ1n) is 11.1. The van der Waals surface area contributed by atoms with Crippen LogP contribution in [-0.2, 0) is 17.6 Å². The normalized spacial score (nSPS) is 10.8. The second-order valence-corrected chi connectivity index (χ2v) is 8.05. The molecule has 168 valence electrons. The van der Waals surface area contributed by atoms with Crippen LogP contribution in [0.4, 0.5) is 0 Å². The van der Waals surface area contributed by atoms with Crippen molar-refractivity contribution in [2.75, 3.05) is 6.61 Å². The number of rotatable bonds is 9. The molecule has 4 aromatic rings. The summed E-state index contributed by atoms with van der Waals surface area (Å²) in [5.74, 6) is 1.38. The van der Waals surface area contributed by atoms with Crippen LogP contribution in [-0.4, -0.2) is 22.7 Å². The van der Waals surface area contributed by atoms with E-state index in [1.165, 1.54) is 0 Å². The number of hydrogen-bond acceptors (Lipinski definition) is 4. The van der Waals surface area contributed by atoms with E-state index in [-0.39, 0.29) is 6.42 Å². The predicted molar refractivity (Wildman–Crippen MR) is 128 cm³/mol. The van der Waals surface area contributed by atoms with Crippen molar-refractivity contribution in [3.8, 4) is 28.3 Å². The number of carbonyl (C=O) groups is 1. The zero-order valence-corrected chi connectivity index (χ0v) is 18.9. The molecule has 0 fully saturated rings. The average Bonchev–Trinajstić information content (AvgIpc) is 3.19. The van der Waals surface area contributed by atoms with Gasteiger partial charge in [0, 0.05) is 18.4 Å². The van der Waals surface area contributed by atoms with Gasteiger partial charge >= 0.3 is 5.97 Å². The Kier molecular flexibility index (Phi) is 6.89. The van der Waals surface area contributed by atoms with Gasteiger partial charge in [-0.3, -0.25) is 4.79 Å². The summed E-state index contributed by atoms with van der Waals surface area (Å²) in [5.41, 5.74) is 6.16. The number of carboxylic acids is 1. The molecule has 0 spiro atoms. The summed E-state index contributed by atoms with van der Waals surface area (Å²) in [6.07, 6.45) is 1.28. The molecule has 33 heavy (non-hydrogen) atoms. The number of benzene rings is 3. The van der Waals surface area contributed by atoms with Crippen LogP contribution in [0, 0.1) is 13.8 Å². The fraction of sp³-hybridized carbons (Fsp3) is 0.214. The summed E-state index contributed by atoms with van der Waals surface area (Å²) in [6.45, 7) is 4.38. The van der Waals surface area contributed by atoms with Gasteiger partial charge in [0.05, 0.1) is 12.3 Å². The van der Waals surface area contributed by atoms with Gasteiger partial charge in [0.15, 0.2) is 0 Å². The Hall–Kier alpha value is -3.86. The largest absolute Gasteiger partial charge is 0.493 e. The van der Waals surface area contributed by atoms with Crippen molar-refractivity contribution in [3.63, 3.8) is 0 Å². The third-order valence-electron chi connectivity index (χ3n) is 5.64. The molecule has 0 unspecified atom stereocenters. The van der Waals surface area contributed by atoms with Crippen LogP contribution in [0.5, 0.6) is 5.75 Å². The van der Waals surface area contributed by atoms with E-state index >= 15 is 0 Å². The van der Waals surface area contributed by atoms with Crippen molar-refractivity contribution < 1.29 is 19.1 Å². The van der Waals surface area contributed by atoms with Crippen molar-refractivity contribution in [2.45, 2.75) is 33.1 Å². The first-order valence-corrected chi connectivity index (χ1v) is 11.1. The summed E-state index contributed by atoms with van der Waals surface area (Å²) in [4.78, 5) is 15.5. The Balaban J connectivity index is 1.40. The number of aryl methyl sites for hydroxylation is 3. The second kappa shape index (κ2) is 10.2. The molecule has 4 rings (SSSR count). The number of carboxylic acid groups (broad SMARTS) is 1. The SMILES string of the molecule is Cc1cc(OCCc2nc(-c3cccc(-c4ccccc4)c3)oc2C)ccc1CCC(=O)O. The summed E-state index contributed by atoms with van der Waals surface area (Å²) in [5, 5.41) is 8.87. The van der Waals surface area contributed by atoms with Crippen LogP contribution in [0.3, 0.4) is 0 Å². The van der Waals surface area contributed by atoms with E-state index in [0.29, 0.717) is 25.3 Å². The smallest absolute Gasteiger partial charge is 0.303 e. The number of oxazole rings is 1. The van der Waals surface area contributed by atoms with Crippen LogP contribution in [0.25, 0.3) is 22.6 Å². The molecule has 0 aliphatic carbocycles. The predicted octanol–water partition coefficient (Wildman–Crippen LogP) is 6.26. The van der Waals surface area contributed by atoms with Crippen LogP contribution in [0.2, 0.25) is 0 Å². The van der Waals surface area contributed by atoms with E-state index < -0.39 is 5.97 Å². The van der Waals surface area contributed by atoms with Crippen molar-refractivity contribution in [3.05, 3.63) is 95.4 Å². The van der Waals surface area contributed by atoms with E-state index in [0.717, 1.165) is 45.0 Å². The lowest BCUT2D eigenvalue weighted by Crippen LogP contribution is -2.04. The third kappa shape index (κ3) is 5.69. The monoisotopic (exact) mass is 441 g/mol. The molecule has 1 heterocycles. The fourth-order valence-corrected chi connectivity index (χ4v) is 3.79. The van der Waals surface area contributed by atoms with Gasteiger partial charge in [-0.15, -0.1) is 0 Å². The van der Waals surface area contributed by atoms with Crippen molar-refractivity contribution in [1.82, 2.24) is 4.98 Å². The molecular weight excluding hydrogens is 414 g/mol. The van der Waals surface area contributed by atoms with E-state index in [9.17, 15) is 4.79 Å². The molecule has 0 aliphatic heterocycles. The van der Waals surface area contributed by atoms with Gasteiger partial charge in [-0.2, -0.15) is 0 Å². The lowest BCUT2D eigenvalue weighted by Gasteiger charge is -2.09. The molecule has 0 atom stereocenters. The minimum atomic E-state index is -0.788. The van der Waals surface area contributed by atoms with E-state index in [4.69, 9.17) is 19.2 Å². The minimum Gasteiger partial charge on any atom is -0.493 e. The van der Waals surface area contributed by atoms with Gasteiger partial charge in [-0.05, 0) is 66.8 Å². The molecule has 5 heteroatoms. The van der Waals surface area contributed by atoms with Crippen molar-refractivity contribution in [1.29, 1.82) is 0 Å². The average molecular weight is 442 g/mol. The molecule has 0 saturated heterocycles. The van der Waals surface area contributed by atoms with Gasteiger partial charge in [-0.1, -0.05) is 48.5 Å². The standard InChI is InChI=1S/C28H27NO4/c1-19-17-25(13-11-21(19)12-14-27(30)31)32-16-15-26-20(2)33-28(29-26)24-10-6-9-23(18-24)22-7-4-3-5-8-22/h3-11,13,17-18H,12,14-16H2,1-2H3,(H,30,31). The molecular formula is C28H27NO4. The van der Waals surface area contributed by atoms with Gasteiger partial charge in [0.2, 0.25) is 5.89 Å². The Morgan fingerprint density at radius 2 is 1.67 bits per heavy atom. The molecule has 0 aliphatic rings. The first-order chi connectivity index (χ1) is 16.0. The summed E-state index contributed by atoms with van der Waals surface area (Å²) in [7, 11) is 0. The van der Waals surface area contributed by atoms with E-state index in [1.54, 1.807) is 0 Å². The van der Waals surface area contributed by atoms with Crippen LogP contribution >= 0.6 is 0 Å². The molecule has 1 N–H and O–H groups in total. The van der Waals surface area contributed by atoms with E-state index in [2.05, 4.69) is 24.3 Å². The quantitative estimate of drug-likeness (QED) is 0.332. The topological polar surface area (TPSA) is 72.6 Å². The highest BCUT2D eigenvalue weighted by molar-refractivity contribution is 5.69. The molecule has 0 amide bonds. The van der Waals surface area contributed by atoms with Gasteiger partial charge in [-0.25, -0.2) is 4.98 Å². The van der Waals surface area contributed by atoms with Crippen LogP contribution in [0.1, 0.15) is 29.0 Å². The maximum Gasteiger partial charge on any atom is 0.303 e. The Morgan fingerprint density at radius 1 is 0.909 bits per heavy atom. The fourth-order valence-electron chi connectivity index (χ4n) is 3.79. The number of nitrogens with zero attached hydrogens (tertiary/aromatic N) is 1. The summed E-state index contributed by atoms with van der Waals surface area (Å²) in [6, 6.07) is 24.2. The van der Waals surface area contributed by atoms with Gasteiger partial charge in [0.1, 0.15) is 11.5 Å². The summed E-state index contributed by atoms with van der Waals surface area (Å²) >= 11 is 0. The second-order valence-electron chi connectivity index (χ2n) is 8.05. The molecule has 0 saturated carbocycles. The maximum atomic E-state index is 10.8.